The number of aromatic nitrogens is 1. The Labute approximate surface area is 73.8 Å². The zero-order chi connectivity index (χ0) is 8.55. The van der Waals surface area contributed by atoms with Gasteiger partial charge in [-0.05, 0) is 18.2 Å². The van der Waals surface area contributed by atoms with E-state index in [2.05, 4.69) is 4.98 Å². The van der Waals surface area contributed by atoms with Gasteiger partial charge in [0.2, 0.25) is 0 Å². The summed E-state index contributed by atoms with van der Waals surface area (Å²) in [5, 5.41) is 0.914. The molecular formula is C9H5ClFN. The van der Waals surface area contributed by atoms with Crippen molar-refractivity contribution in [1.82, 2.24) is 4.98 Å². The zero-order valence-corrected chi connectivity index (χ0v) is 6.85. The van der Waals surface area contributed by atoms with E-state index in [4.69, 9.17) is 11.6 Å². The first kappa shape index (κ1) is 7.50. The van der Waals surface area contributed by atoms with Crippen molar-refractivity contribution >= 4 is 22.5 Å². The molecule has 0 aliphatic rings. The Bertz CT molecular complexity index is 428. The van der Waals surface area contributed by atoms with E-state index in [0.717, 1.165) is 0 Å². The molecule has 0 fully saturated rings. The van der Waals surface area contributed by atoms with Crippen molar-refractivity contribution in [2.24, 2.45) is 0 Å². The number of benzene rings is 1. The number of hydrogen-bond acceptors (Lipinski definition) is 1. The average molecular weight is 182 g/mol. The Morgan fingerprint density at radius 3 is 3.00 bits per heavy atom. The van der Waals surface area contributed by atoms with Gasteiger partial charge in [-0.3, -0.25) is 4.98 Å². The van der Waals surface area contributed by atoms with E-state index in [1.807, 2.05) is 0 Å². The predicted octanol–water partition coefficient (Wildman–Crippen LogP) is 3.03. The van der Waals surface area contributed by atoms with Gasteiger partial charge in [-0.15, -0.1) is 0 Å². The van der Waals surface area contributed by atoms with Crippen LogP contribution in [0, 0.1) is 5.82 Å². The normalized spacial score (nSPS) is 10.5. The van der Waals surface area contributed by atoms with Crippen LogP contribution in [0.5, 0.6) is 0 Å². The van der Waals surface area contributed by atoms with Gasteiger partial charge in [0.05, 0.1) is 10.5 Å². The third kappa shape index (κ3) is 1.14. The lowest BCUT2D eigenvalue weighted by Crippen LogP contribution is -1.81. The van der Waals surface area contributed by atoms with E-state index in [1.165, 1.54) is 12.3 Å². The third-order valence-electron chi connectivity index (χ3n) is 1.64. The van der Waals surface area contributed by atoms with Gasteiger partial charge in [-0.25, -0.2) is 4.39 Å². The molecule has 0 saturated carbocycles. The van der Waals surface area contributed by atoms with Gasteiger partial charge in [0, 0.05) is 11.6 Å². The molecule has 0 amide bonds. The summed E-state index contributed by atoms with van der Waals surface area (Å²) in [5.41, 5.74) is 0.624. The Morgan fingerprint density at radius 1 is 1.33 bits per heavy atom. The Balaban J connectivity index is 2.88. The molecule has 12 heavy (non-hydrogen) atoms. The number of hydrogen-bond donors (Lipinski definition) is 0. The van der Waals surface area contributed by atoms with Crippen LogP contribution < -0.4 is 0 Å². The summed E-state index contributed by atoms with van der Waals surface area (Å²) in [6, 6.07) is 6.33. The molecule has 2 rings (SSSR count). The summed E-state index contributed by atoms with van der Waals surface area (Å²) in [5.74, 6) is -0.289. The largest absolute Gasteiger partial charge is 0.255 e. The lowest BCUT2D eigenvalue weighted by atomic mass is 10.2. The molecule has 1 aromatic heterocycles. The Hall–Kier alpha value is -1.15. The van der Waals surface area contributed by atoms with E-state index >= 15 is 0 Å². The molecule has 0 N–H and O–H groups in total. The number of rotatable bonds is 0. The maximum atomic E-state index is 13.1. The molecule has 60 valence electrons. The highest BCUT2D eigenvalue weighted by Gasteiger charge is 2.00. The van der Waals surface area contributed by atoms with Crippen LogP contribution in [0.1, 0.15) is 0 Å². The van der Waals surface area contributed by atoms with Crippen molar-refractivity contribution in [2.45, 2.75) is 0 Å². The van der Waals surface area contributed by atoms with Gasteiger partial charge in [-0.2, -0.15) is 0 Å². The molecule has 0 bridgehead atoms. The summed E-state index contributed by atoms with van der Waals surface area (Å²) in [6.45, 7) is 0. The van der Waals surface area contributed by atoms with Gasteiger partial charge in [-0.1, -0.05) is 17.7 Å². The lowest BCUT2D eigenvalue weighted by molar-refractivity contribution is 0.639. The molecule has 1 heterocycles. The Kier molecular flexibility index (Phi) is 1.70. The van der Waals surface area contributed by atoms with Crippen molar-refractivity contribution in [3.8, 4) is 0 Å². The molecule has 0 unspecified atom stereocenters. The van der Waals surface area contributed by atoms with Crippen LogP contribution in [0.15, 0.2) is 30.5 Å². The van der Waals surface area contributed by atoms with Crippen LogP contribution >= 0.6 is 11.6 Å². The van der Waals surface area contributed by atoms with Crippen molar-refractivity contribution in [1.29, 1.82) is 0 Å². The number of halogens is 2. The van der Waals surface area contributed by atoms with E-state index < -0.39 is 0 Å². The second kappa shape index (κ2) is 2.72. The summed E-state index contributed by atoms with van der Waals surface area (Å²) >= 11 is 5.66. The van der Waals surface area contributed by atoms with Crippen LogP contribution in [0.25, 0.3) is 10.9 Å². The molecule has 0 spiro atoms. The van der Waals surface area contributed by atoms with E-state index in [-0.39, 0.29) is 5.82 Å². The second-order valence-electron chi connectivity index (χ2n) is 2.46. The molecule has 1 nitrogen and oxygen atoms in total. The van der Waals surface area contributed by atoms with Crippen molar-refractivity contribution in [3.05, 3.63) is 41.3 Å². The first-order chi connectivity index (χ1) is 5.77. The molecule has 2 aromatic rings. The van der Waals surface area contributed by atoms with Gasteiger partial charge in [0.25, 0.3) is 0 Å². The van der Waals surface area contributed by atoms with Crippen LogP contribution in [0.4, 0.5) is 4.39 Å². The van der Waals surface area contributed by atoms with Crippen LogP contribution in [0.2, 0.25) is 5.02 Å². The van der Waals surface area contributed by atoms with Gasteiger partial charge in [0.1, 0.15) is 5.82 Å². The maximum Gasteiger partial charge on any atom is 0.132 e. The highest BCUT2D eigenvalue weighted by atomic mass is 35.5. The molecule has 3 heteroatoms. The number of pyridine rings is 1. The minimum absolute atomic E-state index is 0.289. The quantitative estimate of drug-likeness (QED) is 0.609. The topological polar surface area (TPSA) is 12.9 Å². The first-order valence-corrected chi connectivity index (χ1v) is 3.85. The van der Waals surface area contributed by atoms with E-state index in [1.54, 1.807) is 18.2 Å². The summed E-state index contributed by atoms with van der Waals surface area (Å²) < 4.78 is 13.1. The molecular weight excluding hydrogens is 177 g/mol. The van der Waals surface area contributed by atoms with Gasteiger partial charge in [0.15, 0.2) is 0 Å². The summed E-state index contributed by atoms with van der Waals surface area (Å²) in [4.78, 5) is 3.97. The minimum Gasteiger partial charge on any atom is -0.255 e. The second-order valence-corrected chi connectivity index (χ2v) is 2.90. The minimum atomic E-state index is -0.289. The first-order valence-electron chi connectivity index (χ1n) is 3.47. The SMILES string of the molecule is Fc1cccc2ncc(Cl)cc12. The van der Waals surface area contributed by atoms with E-state index in [9.17, 15) is 4.39 Å². The molecule has 0 aliphatic carbocycles. The highest BCUT2D eigenvalue weighted by molar-refractivity contribution is 6.31. The van der Waals surface area contributed by atoms with Crippen LogP contribution in [0.3, 0.4) is 0 Å². The fourth-order valence-corrected chi connectivity index (χ4v) is 1.25. The van der Waals surface area contributed by atoms with Crippen molar-refractivity contribution in [3.63, 3.8) is 0 Å². The molecule has 0 saturated heterocycles. The molecule has 0 atom stereocenters. The number of nitrogens with zero attached hydrogens (tertiary/aromatic N) is 1. The van der Waals surface area contributed by atoms with Crippen molar-refractivity contribution in [2.75, 3.05) is 0 Å². The highest BCUT2D eigenvalue weighted by Crippen LogP contribution is 2.18. The van der Waals surface area contributed by atoms with E-state index in [0.29, 0.717) is 15.9 Å². The van der Waals surface area contributed by atoms with Crippen LogP contribution in [-0.4, -0.2) is 4.98 Å². The zero-order valence-electron chi connectivity index (χ0n) is 6.09. The fourth-order valence-electron chi connectivity index (χ4n) is 1.09. The molecule has 0 radical (unpaired) electrons. The third-order valence-corrected chi connectivity index (χ3v) is 1.85. The standard InChI is InChI=1S/C9H5ClFN/c10-6-4-7-8(11)2-1-3-9(7)12-5-6/h1-5H. The Morgan fingerprint density at radius 2 is 2.17 bits per heavy atom. The fraction of sp³-hybridized carbons (Fsp3) is 0. The predicted molar refractivity (Wildman–Crippen MR) is 46.7 cm³/mol. The maximum absolute atomic E-state index is 13.1. The van der Waals surface area contributed by atoms with Crippen molar-refractivity contribution < 1.29 is 4.39 Å². The van der Waals surface area contributed by atoms with Gasteiger partial charge >= 0.3 is 0 Å². The summed E-state index contributed by atoms with van der Waals surface area (Å²) in [7, 11) is 0. The molecule has 0 aliphatic heterocycles. The monoisotopic (exact) mass is 181 g/mol. The summed E-state index contributed by atoms with van der Waals surface area (Å²) in [6.07, 6.45) is 1.50. The number of fused-ring (bicyclic) bond motifs is 1. The smallest absolute Gasteiger partial charge is 0.132 e. The van der Waals surface area contributed by atoms with Gasteiger partial charge < -0.3 is 0 Å². The molecule has 1 aromatic carbocycles. The lowest BCUT2D eigenvalue weighted by Gasteiger charge is -1.97. The van der Waals surface area contributed by atoms with Crippen LogP contribution in [-0.2, 0) is 0 Å². The average Bonchev–Trinajstić information content (AvgIpc) is 2.07.